The van der Waals surface area contributed by atoms with Gasteiger partial charge in [0.25, 0.3) is 5.91 Å². The average Bonchev–Trinajstić information content (AvgIpc) is 3.01. The van der Waals surface area contributed by atoms with Gasteiger partial charge in [0.05, 0.1) is 28.5 Å². The van der Waals surface area contributed by atoms with Gasteiger partial charge in [0.1, 0.15) is 11.9 Å². The molecule has 8 nitrogen and oxygen atoms in total. The molecular weight excluding hydrogens is 401 g/mol. The van der Waals surface area contributed by atoms with Crippen LogP contribution in [-0.4, -0.2) is 52.8 Å². The summed E-state index contributed by atoms with van der Waals surface area (Å²) in [4.78, 5) is 35.6. The van der Waals surface area contributed by atoms with Crippen molar-refractivity contribution in [2.45, 2.75) is 38.7 Å². The van der Waals surface area contributed by atoms with E-state index in [1.54, 1.807) is 12.1 Å². The molecule has 2 heterocycles. The largest absolute Gasteiger partial charge is 0.442 e. The first-order valence-corrected chi connectivity index (χ1v) is 11.3. The van der Waals surface area contributed by atoms with Crippen molar-refractivity contribution in [1.29, 1.82) is 0 Å². The predicted molar refractivity (Wildman–Crippen MR) is 106 cm³/mol. The molecule has 0 unspecified atom stereocenters. The van der Waals surface area contributed by atoms with Crippen LogP contribution in [0.1, 0.15) is 38.2 Å². The number of carbonyl (C=O) groups excluding carboxylic acids is 3. The molecule has 10 heteroatoms. The van der Waals surface area contributed by atoms with Gasteiger partial charge in [0.2, 0.25) is 5.91 Å². The minimum absolute atomic E-state index is 0.112. The third-order valence-electron chi connectivity index (χ3n) is 5.05. The van der Waals surface area contributed by atoms with Gasteiger partial charge in [-0.1, -0.05) is 6.07 Å². The molecule has 2 aliphatic rings. The van der Waals surface area contributed by atoms with Crippen LogP contribution in [0.15, 0.2) is 22.6 Å². The quantitative estimate of drug-likeness (QED) is 0.796. The average molecular weight is 425 g/mol. The number of ether oxygens (including phenoxy) is 1. The molecule has 3 amide bonds. The lowest BCUT2D eigenvalue weighted by molar-refractivity contribution is -0.119. The van der Waals surface area contributed by atoms with E-state index in [1.807, 2.05) is 0 Å². The van der Waals surface area contributed by atoms with Crippen molar-refractivity contribution in [3.8, 4) is 0 Å². The monoisotopic (exact) mass is 425 g/mol. The molecule has 2 aliphatic heterocycles. The van der Waals surface area contributed by atoms with E-state index in [0.29, 0.717) is 24.1 Å². The van der Waals surface area contributed by atoms with Gasteiger partial charge in [0, 0.05) is 25.4 Å². The van der Waals surface area contributed by atoms with Crippen LogP contribution in [0, 0.1) is 5.82 Å². The Morgan fingerprint density at radius 2 is 2.00 bits per heavy atom. The number of rotatable bonds is 4. The third kappa shape index (κ3) is 5.11. The highest BCUT2D eigenvalue weighted by Gasteiger charge is 2.33. The fraction of sp³-hybridized carbons (Fsp3) is 0.526. The van der Waals surface area contributed by atoms with Crippen LogP contribution in [0.5, 0.6) is 0 Å². The number of nitrogens with one attached hydrogen (secondary N) is 1. The van der Waals surface area contributed by atoms with Crippen LogP contribution in [0.4, 0.5) is 14.9 Å². The SMILES string of the molecule is CC(=O)N=S1(=O)CCC(c2ccc(N3C[C@H](CNC(C)=O)OC3=O)cc2F)CC1. The van der Waals surface area contributed by atoms with E-state index in [0.717, 1.165) is 0 Å². The molecule has 0 aromatic heterocycles. The summed E-state index contributed by atoms with van der Waals surface area (Å²) in [5.41, 5.74) is 0.883. The second kappa shape index (κ2) is 8.48. The summed E-state index contributed by atoms with van der Waals surface area (Å²) >= 11 is 0. The maximum atomic E-state index is 14.8. The Morgan fingerprint density at radius 3 is 2.59 bits per heavy atom. The van der Waals surface area contributed by atoms with E-state index in [4.69, 9.17) is 4.74 Å². The predicted octanol–water partition coefficient (Wildman–Crippen LogP) is 2.18. The van der Waals surface area contributed by atoms with Crippen LogP contribution < -0.4 is 10.2 Å². The molecule has 1 aromatic carbocycles. The molecule has 3 rings (SSSR count). The van der Waals surface area contributed by atoms with E-state index in [9.17, 15) is 23.0 Å². The highest BCUT2D eigenvalue weighted by molar-refractivity contribution is 7.93. The molecule has 2 fully saturated rings. The van der Waals surface area contributed by atoms with E-state index >= 15 is 0 Å². The zero-order chi connectivity index (χ0) is 21.2. The summed E-state index contributed by atoms with van der Waals surface area (Å²) < 4.78 is 36.2. The number of nitrogens with zero attached hydrogens (tertiary/aromatic N) is 2. The molecule has 1 aromatic rings. The minimum atomic E-state index is -2.54. The van der Waals surface area contributed by atoms with Crippen molar-refractivity contribution in [1.82, 2.24) is 5.32 Å². The van der Waals surface area contributed by atoms with Crippen LogP contribution in [-0.2, 0) is 24.1 Å². The van der Waals surface area contributed by atoms with E-state index in [1.165, 1.54) is 24.8 Å². The molecule has 0 bridgehead atoms. The van der Waals surface area contributed by atoms with Gasteiger partial charge in [-0.25, -0.2) is 13.4 Å². The Kier molecular flexibility index (Phi) is 6.21. The second-order valence-electron chi connectivity index (χ2n) is 7.32. The molecule has 0 spiro atoms. The normalized spacial score (nSPS) is 26.7. The van der Waals surface area contributed by atoms with Crippen LogP contribution in [0.3, 0.4) is 0 Å². The van der Waals surface area contributed by atoms with Gasteiger partial charge in [-0.3, -0.25) is 14.5 Å². The van der Waals surface area contributed by atoms with Gasteiger partial charge in [-0.05, 0) is 36.5 Å². The molecular formula is C19H24FN3O5S. The summed E-state index contributed by atoms with van der Waals surface area (Å²) in [5, 5.41) is 2.59. The lowest BCUT2D eigenvalue weighted by Crippen LogP contribution is -2.33. The number of cyclic esters (lactones) is 1. The summed E-state index contributed by atoms with van der Waals surface area (Å²) in [5.74, 6) is -0.689. The molecule has 158 valence electrons. The molecule has 0 saturated carbocycles. The molecule has 2 saturated heterocycles. The maximum Gasteiger partial charge on any atom is 0.414 e. The highest BCUT2D eigenvalue weighted by atomic mass is 32.2. The van der Waals surface area contributed by atoms with Gasteiger partial charge in [0.15, 0.2) is 0 Å². The Balaban J connectivity index is 1.68. The summed E-state index contributed by atoms with van der Waals surface area (Å²) in [6, 6.07) is 4.59. The Labute approximate surface area is 169 Å². The van der Waals surface area contributed by atoms with Crippen molar-refractivity contribution < 1.29 is 27.7 Å². The van der Waals surface area contributed by atoms with E-state index in [2.05, 4.69) is 9.68 Å². The second-order valence-corrected chi connectivity index (χ2v) is 9.87. The minimum Gasteiger partial charge on any atom is -0.442 e. The first-order valence-electron chi connectivity index (χ1n) is 9.42. The number of carbonyl (C=O) groups is 3. The van der Waals surface area contributed by atoms with Crippen LogP contribution in [0.25, 0.3) is 0 Å². The summed E-state index contributed by atoms with van der Waals surface area (Å²) in [6.45, 7) is 3.07. The fourth-order valence-electron chi connectivity index (χ4n) is 3.65. The number of benzene rings is 1. The zero-order valence-corrected chi connectivity index (χ0v) is 17.2. The Morgan fingerprint density at radius 1 is 1.31 bits per heavy atom. The van der Waals surface area contributed by atoms with Gasteiger partial charge < -0.3 is 10.1 Å². The fourth-order valence-corrected chi connectivity index (χ4v) is 5.81. The van der Waals surface area contributed by atoms with Crippen LogP contribution >= 0.6 is 0 Å². The maximum absolute atomic E-state index is 14.8. The number of anilines is 1. The number of hydrogen-bond donors (Lipinski definition) is 1. The number of halogens is 1. The molecule has 0 radical (unpaired) electrons. The number of hydrogen-bond acceptors (Lipinski definition) is 5. The number of amides is 3. The third-order valence-corrected chi connectivity index (χ3v) is 7.39. The van der Waals surface area contributed by atoms with Crippen molar-refractivity contribution in [2.75, 3.05) is 29.5 Å². The molecule has 1 atom stereocenters. The van der Waals surface area contributed by atoms with Crippen molar-refractivity contribution in [3.05, 3.63) is 29.6 Å². The lowest BCUT2D eigenvalue weighted by Gasteiger charge is -2.25. The van der Waals surface area contributed by atoms with Crippen molar-refractivity contribution in [2.24, 2.45) is 4.36 Å². The standard InChI is InChI=1S/C19H24FN3O5S/c1-12(24)21-10-16-11-23(19(26)28-16)15-3-4-17(18(20)9-15)14-5-7-29(27,8-6-14)22-13(2)25/h3-4,9,14,16H,5-8,10-11H2,1-2H3,(H,21,24)/t14?,16-,29?/m0/s1. The first kappa shape index (κ1) is 21.2. The van der Waals surface area contributed by atoms with E-state index < -0.39 is 33.7 Å². The van der Waals surface area contributed by atoms with Gasteiger partial charge >= 0.3 is 6.09 Å². The smallest absolute Gasteiger partial charge is 0.414 e. The zero-order valence-electron chi connectivity index (χ0n) is 16.4. The van der Waals surface area contributed by atoms with Crippen LogP contribution in [0.2, 0.25) is 0 Å². The van der Waals surface area contributed by atoms with Crippen molar-refractivity contribution >= 4 is 33.3 Å². The van der Waals surface area contributed by atoms with Crippen molar-refractivity contribution in [3.63, 3.8) is 0 Å². The Bertz CT molecular complexity index is 943. The first-order chi connectivity index (χ1) is 13.7. The molecule has 0 aliphatic carbocycles. The summed E-state index contributed by atoms with van der Waals surface area (Å²) in [6.07, 6.45) is -0.117. The van der Waals surface area contributed by atoms with E-state index in [-0.39, 0.29) is 36.4 Å². The molecule has 29 heavy (non-hydrogen) atoms. The summed E-state index contributed by atoms with van der Waals surface area (Å²) in [7, 11) is -2.54. The topological polar surface area (TPSA) is 105 Å². The van der Waals surface area contributed by atoms with Gasteiger partial charge in [-0.2, -0.15) is 4.36 Å². The lowest BCUT2D eigenvalue weighted by atomic mass is 9.93. The van der Waals surface area contributed by atoms with Gasteiger partial charge in [-0.15, -0.1) is 0 Å². The Hall–Kier alpha value is -2.49. The molecule has 1 N–H and O–H groups in total. The highest BCUT2D eigenvalue weighted by Crippen LogP contribution is 2.34.